The highest BCUT2D eigenvalue weighted by Gasteiger charge is 2.34. The van der Waals surface area contributed by atoms with Crippen LogP contribution in [0.1, 0.15) is 21.5 Å². The number of sulfonamides is 1. The van der Waals surface area contributed by atoms with Gasteiger partial charge in [0.1, 0.15) is 17.1 Å². The molecule has 1 amide bonds. The number of H-pyrrole nitrogens is 1. The molecule has 2 heterocycles. The summed E-state index contributed by atoms with van der Waals surface area (Å²) in [5.41, 5.74) is -0.0798. The van der Waals surface area contributed by atoms with Crippen LogP contribution in [0.15, 0.2) is 54.7 Å². The SMILES string of the molecule is COc1cccc(OC)c1C(=O)C(=O)NS(=O)(=O)Cc1ccc(-c2[nH]c(OCC(F)(F)F)c3c2c(O)c(OCC(F)(F)F)c2cccnc23)c(C)c1. The largest absolute Gasteiger partial charge is 0.504 e. The summed E-state index contributed by atoms with van der Waals surface area (Å²) < 4.78 is 127. The van der Waals surface area contributed by atoms with E-state index in [1.807, 2.05) is 0 Å². The van der Waals surface area contributed by atoms with Crippen molar-refractivity contribution in [2.75, 3.05) is 27.4 Å². The Morgan fingerprint density at radius 2 is 1.54 bits per heavy atom. The number of benzene rings is 3. The second kappa shape index (κ2) is 14.1. The zero-order valence-electron chi connectivity index (χ0n) is 27.2. The highest BCUT2D eigenvalue weighted by Crippen LogP contribution is 2.50. The first-order chi connectivity index (χ1) is 24.3. The minimum Gasteiger partial charge on any atom is -0.504 e. The molecule has 0 aliphatic rings. The number of carbonyl (C=O) groups excluding carboxylic acids is 2. The van der Waals surface area contributed by atoms with Crippen molar-refractivity contribution in [3.05, 3.63) is 71.4 Å². The zero-order chi connectivity index (χ0) is 38.2. The number of methoxy groups -OCH3 is 2. The van der Waals surface area contributed by atoms with Crippen molar-refractivity contribution in [1.29, 1.82) is 0 Å². The van der Waals surface area contributed by atoms with Gasteiger partial charge in [-0.3, -0.25) is 14.6 Å². The maximum Gasteiger partial charge on any atom is 0.422 e. The Morgan fingerprint density at radius 1 is 0.904 bits per heavy atom. The molecule has 0 atom stereocenters. The number of phenols is 1. The molecule has 19 heteroatoms. The van der Waals surface area contributed by atoms with Gasteiger partial charge in [0.2, 0.25) is 15.9 Å². The summed E-state index contributed by atoms with van der Waals surface area (Å²) in [6.45, 7) is -2.12. The second-order valence-electron chi connectivity index (χ2n) is 11.2. The van der Waals surface area contributed by atoms with Gasteiger partial charge in [0.25, 0.3) is 5.78 Å². The minimum absolute atomic E-state index is 0.0410. The molecule has 0 aliphatic heterocycles. The molecule has 0 spiro atoms. The first kappa shape index (κ1) is 37.5. The van der Waals surface area contributed by atoms with Gasteiger partial charge in [-0.05, 0) is 42.3 Å². The zero-order valence-corrected chi connectivity index (χ0v) is 28.0. The van der Waals surface area contributed by atoms with Gasteiger partial charge in [0, 0.05) is 17.1 Å². The molecule has 0 aliphatic carbocycles. The van der Waals surface area contributed by atoms with Gasteiger partial charge in [-0.2, -0.15) is 26.3 Å². The van der Waals surface area contributed by atoms with E-state index >= 15 is 0 Å². The Balaban J connectivity index is 1.53. The molecule has 0 saturated heterocycles. The molecule has 2 aromatic heterocycles. The van der Waals surface area contributed by atoms with Gasteiger partial charge in [-0.25, -0.2) is 13.1 Å². The van der Waals surface area contributed by atoms with E-state index in [4.69, 9.17) is 18.9 Å². The first-order valence-corrected chi connectivity index (χ1v) is 16.4. The molecule has 0 bridgehead atoms. The summed E-state index contributed by atoms with van der Waals surface area (Å²) in [5.74, 6) is -5.69. The number of aromatic amines is 1. The number of hydrogen-bond donors (Lipinski definition) is 3. The fraction of sp³-hybridized carbons (Fsp3) is 0.242. The molecule has 3 N–H and O–H groups in total. The lowest BCUT2D eigenvalue weighted by Gasteiger charge is -2.15. The number of ketones is 1. The molecular weight excluding hydrogens is 728 g/mol. The molecule has 276 valence electrons. The lowest BCUT2D eigenvalue weighted by Crippen LogP contribution is -2.37. The van der Waals surface area contributed by atoms with Crippen LogP contribution < -0.4 is 23.7 Å². The topological polar surface area (TPSA) is 166 Å². The van der Waals surface area contributed by atoms with E-state index < -0.39 is 70.4 Å². The fourth-order valence-electron chi connectivity index (χ4n) is 5.46. The van der Waals surface area contributed by atoms with Gasteiger partial charge in [-0.15, -0.1) is 0 Å². The number of halogens is 6. The van der Waals surface area contributed by atoms with Crippen LogP contribution in [-0.4, -0.2) is 75.0 Å². The van der Waals surface area contributed by atoms with Crippen molar-refractivity contribution in [1.82, 2.24) is 14.7 Å². The van der Waals surface area contributed by atoms with Crippen molar-refractivity contribution in [3.8, 4) is 40.1 Å². The van der Waals surface area contributed by atoms with Crippen molar-refractivity contribution >= 4 is 43.4 Å². The highest BCUT2D eigenvalue weighted by molar-refractivity contribution is 7.89. The van der Waals surface area contributed by atoms with Crippen molar-refractivity contribution in [3.63, 3.8) is 0 Å². The van der Waals surface area contributed by atoms with Crippen LogP contribution in [0.5, 0.6) is 28.9 Å². The molecule has 3 aromatic carbocycles. The number of pyridine rings is 1. The predicted molar refractivity (Wildman–Crippen MR) is 173 cm³/mol. The monoisotopic (exact) mass is 755 g/mol. The summed E-state index contributed by atoms with van der Waals surface area (Å²) in [7, 11) is -2.05. The van der Waals surface area contributed by atoms with Crippen LogP contribution in [0, 0.1) is 6.92 Å². The van der Waals surface area contributed by atoms with Crippen LogP contribution >= 0.6 is 0 Å². The molecule has 0 unspecified atom stereocenters. The summed E-state index contributed by atoms with van der Waals surface area (Å²) in [5, 5.41) is 10.7. The number of nitrogens with one attached hydrogen (secondary N) is 2. The summed E-state index contributed by atoms with van der Waals surface area (Å²) in [6, 6.07) is 10.7. The number of rotatable bonds is 12. The summed E-state index contributed by atoms with van der Waals surface area (Å²) >= 11 is 0. The normalized spacial score (nSPS) is 12.2. The number of fused-ring (bicyclic) bond motifs is 3. The molecule has 12 nitrogen and oxygen atoms in total. The number of aryl methyl sites for hydroxylation is 1. The van der Waals surface area contributed by atoms with Crippen LogP contribution in [0.4, 0.5) is 26.3 Å². The number of phenolic OH excluding ortho intramolecular Hbond substituents is 1. The maximum atomic E-state index is 13.2. The van der Waals surface area contributed by atoms with Crippen LogP contribution in [0.25, 0.3) is 32.9 Å². The standard InChI is InChI=1S/C33H27F6N3O9S/c1-16-12-17(13-52(46,47)42-30(45)28(44)22-20(48-2)7-4-8-21(22)49-3)9-10-18(16)26-23-24(31(41-26)51-15-33(37,38)39)25-19(6-5-11-40-25)29(27(23)43)50-14-32(34,35)36/h4-12,41,43H,13-15H2,1-3H3,(H,42,45). The Labute approximate surface area is 290 Å². The average Bonchev–Trinajstić information content (AvgIpc) is 3.45. The number of alkyl halides is 6. The van der Waals surface area contributed by atoms with Crippen LogP contribution in [-0.2, 0) is 20.6 Å². The first-order valence-electron chi connectivity index (χ1n) is 14.8. The number of aromatic nitrogens is 2. The highest BCUT2D eigenvalue weighted by atomic mass is 32.2. The third kappa shape index (κ3) is 7.93. The van der Waals surface area contributed by atoms with E-state index in [0.29, 0.717) is 0 Å². The number of Topliss-reactive ketones (excluding diaryl/α,β-unsaturated/α-hetero) is 1. The number of hydrogen-bond acceptors (Lipinski definition) is 10. The molecule has 0 radical (unpaired) electrons. The fourth-order valence-corrected chi connectivity index (χ4v) is 6.53. The van der Waals surface area contributed by atoms with E-state index in [1.54, 1.807) is 4.72 Å². The van der Waals surface area contributed by atoms with E-state index in [9.17, 15) is 49.5 Å². The smallest absolute Gasteiger partial charge is 0.422 e. The third-order valence-electron chi connectivity index (χ3n) is 7.49. The Kier molecular flexibility index (Phi) is 10.2. The number of carbonyl (C=O) groups is 2. The van der Waals surface area contributed by atoms with E-state index in [2.05, 4.69) is 9.97 Å². The number of nitrogens with zero attached hydrogens (tertiary/aromatic N) is 1. The Hall–Kier alpha value is -5.72. The second-order valence-corrected chi connectivity index (χ2v) is 12.9. The minimum atomic E-state index is -4.82. The molecule has 5 rings (SSSR count). The van der Waals surface area contributed by atoms with E-state index in [0.717, 1.165) is 0 Å². The maximum absolute atomic E-state index is 13.2. The van der Waals surface area contributed by atoms with E-state index in [1.165, 1.54) is 75.9 Å². The van der Waals surface area contributed by atoms with Gasteiger partial charge < -0.3 is 29.0 Å². The number of amides is 1. The average molecular weight is 756 g/mol. The quantitative estimate of drug-likeness (QED) is 0.0767. The van der Waals surface area contributed by atoms with Crippen molar-refractivity contribution in [2.24, 2.45) is 0 Å². The van der Waals surface area contributed by atoms with Gasteiger partial charge in [0.15, 0.2) is 24.7 Å². The van der Waals surface area contributed by atoms with Gasteiger partial charge in [-0.1, -0.05) is 24.3 Å². The Bertz CT molecular complexity index is 2280. The van der Waals surface area contributed by atoms with Crippen LogP contribution in [0.3, 0.4) is 0 Å². The van der Waals surface area contributed by atoms with Gasteiger partial charge >= 0.3 is 18.3 Å². The Morgan fingerprint density at radius 3 is 2.13 bits per heavy atom. The van der Waals surface area contributed by atoms with Crippen molar-refractivity contribution < 1.29 is 68.4 Å². The molecule has 0 saturated carbocycles. The summed E-state index contributed by atoms with van der Waals surface area (Å²) in [6.07, 6.45) is -8.40. The number of aromatic hydroxyl groups is 1. The van der Waals surface area contributed by atoms with E-state index in [-0.39, 0.29) is 61.1 Å². The third-order valence-corrected chi connectivity index (χ3v) is 8.70. The molecule has 52 heavy (non-hydrogen) atoms. The lowest BCUT2D eigenvalue weighted by molar-refractivity contribution is -0.154. The molecular formula is C33H27F6N3O9S. The molecule has 5 aromatic rings. The lowest BCUT2D eigenvalue weighted by atomic mass is 9.98. The van der Waals surface area contributed by atoms with Gasteiger partial charge in [0.05, 0.1) is 42.0 Å². The number of ether oxygens (including phenoxy) is 4. The van der Waals surface area contributed by atoms with Crippen molar-refractivity contribution in [2.45, 2.75) is 25.0 Å². The summed E-state index contributed by atoms with van der Waals surface area (Å²) in [4.78, 5) is 32.5. The van der Waals surface area contributed by atoms with Crippen LogP contribution in [0.2, 0.25) is 0 Å². The molecule has 0 fully saturated rings. The predicted octanol–water partition coefficient (Wildman–Crippen LogP) is 6.13.